The number of benzene rings is 2. The second-order valence-corrected chi connectivity index (χ2v) is 9.33. The third-order valence-corrected chi connectivity index (χ3v) is 6.96. The third kappa shape index (κ3) is 4.63. The molecule has 1 saturated heterocycles. The molecule has 9 heteroatoms. The number of rotatable bonds is 5. The van der Waals surface area contributed by atoms with Crippen molar-refractivity contribution >= 4 is 21.4 Å². The van der Waals surface area contributed by atoms with Crippen LogP contribution in [0.15, 0.2) is 47.4 Å². The number of piperazine rings is 1. The molecule has 1 heterocycles. The predicted molar refractivity (Wildman–Crippen MR) is 108 cm³/mol. The lowest BCUT2D eigenvalue weighted by Gasteiger charge is -2.30. The van der Waals surface area contributed by atoms with E-state index in [1.807, 2.05) is 7.05 Å². The summed E-state index contributed by atoms with van der Waals surface area (Å²) < 4.78 is 25.8. The number of sulfone groups is 1. The van der Waals surface area contributed by atoms with Gasteiger partial charge in [-0.1, -0.05) is 24.3 Å². The number of aryl methyl sites for hydroxylation is 1. The van der Waals surface area contributed by atoms with Crippen LogP contribution >= 0.6 is 0 Å². The van der Waals surface area contributed by atoms with Crippen LogP contribution in [0.5, 0.6) is 0 Å². The fourth-order valence-corrected chi connectivity index (χ4v) is 5.00. The Hall–Kier alpha value is -2.78. The van der Waals surface area contributed by atoms with Gasteiger partial charge in [-0.2, -0.15) is 0 Å². The van der Waals surface area contributed by atoms with Crippen LogP contribution in [0.25, 0.3) is 0 Å². The number of carbonyl (C=O) groups excluding carboxylic acids is 1. The van der Waals surface area contributed by atoms with Gasteiger partial charge in [-0.05, 0) is 30.2 Å². The molecule has 1 amide bonds. The number of nitrogens with one attached hydrogen (secondary N) is 1. The summed E-state index contributed by atoms with van der Waals surface area (Å²) >= 11 is 0. The van der Waals surface area contributed by atoms with E-state index in [1.165, 1.54) is 17.0 Å². The Kier molecular flexibility index (Phi) is 5.99. The van der Waals surface area contributed by atoms with Crippen LogP contribution in [-0.2, 0) is 15.6 Å². The molecule has 0 spiro atoms. The minimum Gasteiger partial charge on any atom is -0.334 e. The Morgan fingerprint density at radius 2 is 1.83 bits per heavy atom. The maximum Gasteiger partial charge on any atom is 0.288 e. The van der Waals surface area contributed by atoms with Crippen LogP contribution in [-0.4, -0.2) is 57.4 Å². The average molecular weight is 418 g/mol. The van der Waals surface area contributed by atoms with Gasteiger partial charge in [0.2, 0.25) is 0 Å². The Morgan fingerprint density at radius 3 is 2.45 bits per heavy atom. The molecule has 1 aliphatic heterocycles. The first kappa shape index (κ1) is 20.9. The van der Waals surface area contributed by atoms with Crippen molar-refractivity contribution in [3.8, 4) is 0 Å². The van der Waals surface area contributed by atoms with Crippen molar-refractivity contribution in [3.05, 3.63) is 69.3 Å². The van der Waals surface area contributed by atoms with Crippen molar-refractivity contribution in [2.24, 2.45) is 0 Å². The van der Waals surface area contributed by atoms with E-state index in [4.69, 9.17) is 0 Å². The van der Waals surface area contributed by atoms with E-state index in [0.717, 1.165) is 24.7 Å². The Bertz CT molecular complexity index is 1040. The van der Waals surface area contributed by atoms with Crippen molar-refractivity contribution in [1.29, 1.82) is 0 Å². The number of nitro groups is 1. The summed E-state index contributed by atoms with van der Waals surface area (Å²) in [6.45, 7) is 4.52. The topological polar surface area (TPSA) is 102 Å². The van der Waals surface area contributed by atoms with Crippen molar-refractivity contribution in [2.75, 3.05) is 33.2 Å². The van der Waals surface area contributed by atoms with Crippen LogP contribution in [0.1, 0.15) is 21.5 Å². The standard InChI is InChI=1S/C20H23N3O5S/c1-15-5-3-4-6-17(15)14-29(27,28)19-8-7-16(13-18(19)23(25)26)20(24)22-11-9-21(2)10-12-22/h3-8,13H,9-12,14H2,1-2H3/p+1. The molecular formula is C20H24N3O5S+. The quantitative estimate of drug-likeness (QED) is 0.573. The highest BCUT2D eigenvalue weighted by atomic mass is 32.2. The average Bonchev–Trinajstić information content (AvgIpc) is 2.69. The summed E-state index contributed by atoms with van der Waals surface area (Å²) in [6, 6.07) is 10.6. The summed E-state index contributed by atoms with van der Waals surface area (Å²) in [5.41, 5.74) is 0.944. The van der Waals surface area contributed by atoms with E-state index in [2.05, 4.69) is 0 Å². The zero-order chi connectivity index (χ0) is 21.2. The van der Waals surface area contributed by atoms with Crippen LogP contribution in [0.4, 0.5) is 5.69 Å². The molecule has 1 fully saturated rings. The van der Waals surface area contributed by atoms with E-state index in [1.54, 1.807) is 36.1 Å². The Labute approximate surface area is 169 Å². The van der Waals surface area contributed by atoms with Crippen molar-refractivity contribution < 1.29 is 23.0 Å². The third-order valence-electron chi connectivity index (χ3n) is 5.25. The number of quaternary nitrogens is 1. The molecule has 3 rings (SSSR count). The molecule has 0 aromatic heterocycles. The van der Waals surface area contributed by atoms with E-state index in [-0.39, 0.29) is 22.1 Å². The molecule has 2 aromatic rings. The summed E-state index contributed by atoms with van der Waals surface area (Å²) in [4.78, 5) is 26.2. The molecule has 0 unspecified atom stereocenters. The van der Waals surface area contributed by atoms with Crippen molar-refractivity contribution in [3.63, 3.8) is 0 Å². The van der Waals surface area contributed by atoms with Crippen LogP contribution < -0.4 is 4.90 Å². The summed E-state index contributed by atoms with van der Waals surface area (Å²) in [5.74, 6) is -0.654. The second-order valence-electron chi connectivity index (χ2n) is 7.37. The van der Waals surface area contributed by atoms with E-state index in [0.29, 0.717) is 18.7 Å². The zero-order valence-corrected chi connectivity index (χ0v) is 17.2. The zero-order valence-electron chi connectivity index (χ0n) is 16.4. The predicted octanol–water partition coefficient (Wildman–Crippen LogP) is 0.848. The van der Waals surface area contributed by atoms with Gasteiger partial charge < -0.3 is 9.80 Å². The maximum atomic E-state index is 12.9. The largest absolute Gasteiger partial charge is 0.334 e. The first-order valence-electron chi connectivity index (χ1n) is 9.35. The number of nitrogens with zero attached hydrogens (tertiary/aromatic N) is 2. The van der Waals surface area contributed by atoms with Gasteiger partial charge >= 0.3 is 0 Å². The highest BCUT2D eigenvalue weighted by molar-refractivity contribution is 7.90. The maximum absolute atomic E-state index is 12.9. The van der Waals surface area contributed by atoms with Gasteiger partial charge in [-0.3, -0.25) is 14.9 Å². The number of likely N-dealkylation sites (N-methyl/N-ethyl adjacent to an activating group) is 1. The number of hydrogen-bond donors (Lipinski definition) is 1. The highest BCUT2D eigenvalue weighted by Gasteiger charge is 2.30. The summed E-state index contributed by atoms with van der Waals surface area (Å²) in [5, 5.41) is 11.6. The fourth-order valence-electron chi connectivity index (χ4n) is 3.38. The first-order valence-corrected chi connectivity index (χ1v) is 11.0. The van der Waals surface area contributed by atoms with Gasteiger partial charge in [0.05, 0.1) is 43.9 Å². The minimum absolute atomic E-state index is 0.131. The van der Waals surface area contributed by atoms with E-state index >= 15 is 0 Å². The van der Waals surface area contributed by atoms with Gasteiger partial charge in [0.15, 0.2) is 9.84 Å². The van der Waals surface area contributed by atoms with Crippen LogP contribution in [0.2, 0.25) is 0 Å². The molecule has 0 saturated carbocycles. The summed E-state index contributed by atoms with van der Waals surface area (Å²) in [7, 11) is -1.91. The molecular weight excluding hydrogens is 394 g/mol. The normalized spacial score (nSPS) is 15.3. The highest BCUT2D eigenvalue weighted by Crippen LogP contribution is 2.29. The molecule has 0 atom stereocenters. The molecule has 0 bridgehead atoms. The molecule has 154 valence electrons. The lowest BCUT2D eigenvalue weighted by Crippen LogP contribution is -3.12. The summed E-state index contributed by atoms with van der Waals surface area (Å²) in [6.07, 6.45) is 0. The molecule has 8 nitrogen and oxygen atoms in total. The fraction of sp³-hybridized carbons (Fsp3) is 0.350. The van der Waals surface area contributed by atoms with Gasteiger partial charge in [0, 0.05) is 11.6 Å². The number of carbonyl (C=O) groups is 1. The van der Waals surface area contributed by atoms with Crippen molar-refractivity contribution in [1.82, 2.24) is 4.90 Å². The Morgan fingerprint density at radius 1 is 1.17 bits per heavy atom. The first-order chi connectivity index (χ1) is 13.7. The van der Waals surface area contributed by atoms with Crippen molar-refractivity contribution in [2.45, 2.75) is 17.6 Å². The SMILES string of the molecule is Cc1ccccc1CS(=O)(=O)c1ccc(C(=O)N2CC[NH+](C)CC2)cc1[N+](=O)[O-]. The molecule has 1 N–H and O–H groups in total. The molecule has 2 aromatic carbocycles. The van der Waals surface area contributed by atoms with E-state index in [9.17, 15) is 23.3 Å². The number of hydrogen-bond acceptors (Lipinski definition) is 5. The van der Waals surface area contributed by atoms with Gasteiger partial charge in [0.25, 0.3) is 11.6 Å². The monoisotopic (exact) mass is 418 g/mol. The number of amides is 1. The Balaban J connectivity index is 1.93. The van der Waals surface area contributed by atoms with Gasteiger partial charge in [0.1, 0.15) is 4.90 Å². The second kappa shape index (κ2) is 8.30. The lowest BCUT2D eigenvalue weighted by molar-refractivity contribution is -0.883. The van der Waals surface area contributed by atoms with Crippen LogP contribution in [0, 0.1) is 17.0 Å². The molecule has 1 aliphatic rings. The molecule has 29 heavy (non-hydrogen) atoms. The minimum atomic E-state index is -3.96. The molecule has 0 radical (unpaired) electrons. The van der Waals surface area contributed by atoms with E-state index < -0.39 is 20.4 Å². The van der Waals surface area contributed by atoms with Crippen LogP contribution in [0.3, 0.4) is 0 Å². The smallest absolute Gasteiger partial charge is 0.288 e. The lowest BCUT2D eigenvalue weighted by atomic mass is 10.1. The number of nitro benzene ring substituents is 1. The van der Waals surface area contributed by atoms with Gasteiger partial charge in [-0.15, -0.1) is 0 Å². The molecule has 0 aliphatic carbocycles. The van der Waals surface area contributed by atoms with Gasteiger partial charge in [-0.25, -0.2) is 8.42 Å².